The number of nitrogens with one attached hydrogen (secondary N) is 1. The molecule has 1 fully saturated rings. The third kappa shape index (κ3) is 9.87. The minimum atomic E-state index is -0.0225. The Bertz CT molecular complexity index is 890. The van der Waals surface area contributed by atoms with E-state index in [9.17, 15) is 4.79 Å². The number of ether oxygens (including phenoxy) is 1. The van der Waals surface area contributed by atoms with E-state index in [-0.39, 0.29) is 6.03 Å². The molecule has 5 heteroatoms. The summed E-state index contributed by atoms with van der Waals surface area (Å²) in [6, 6.07) is 18.6. The molecule has 2 amide bonds. The SMILES string of the molecule is CCCCC/C(=C\c1ccccc1)CN(CCCN1CCOCC1)C(=O)Nc1ccc(CC)cc1. The Labute approximate surface area is 212 Å². The van der Waals surface area contributed by atoms with Crippen molar-refractivity contribution in [1.82, 2.24) is 9.80 Å². The Morgan fingerprint density at radius 1 is 1.00 bits per heavy atom. The number of anilines is 1. The molecular formula is C30H43N3O2. The molecule has 0 aromatic heterocycles. The van der Waals surface area contributed by atoms with Crippen molar-refractivity contribution in [3.8, 4) is 0 Å². The van der Waals surface area contributed by atoms with Crippen molar-refractivity contribution in [3.63, 3.8) is 0 Å². The Hall–Kier alpha value is -2.63. The van der Waals surface area contributed by atoms with Crippen molar-refractivity contribution in [3.05, 3.63) is 71.3 Å². The van der Waals surface area contributed by atoms with Crippen LogP contribution in [0.3, 0.4) is 0 Å². The average molecular weight is 478 g/mol. The first kappa shape index (κ1) is 27.0. The summed E-state index contributed by atoms with van der Waals surface area (Å²) in [6.45, 7) is 10.3. The highest BCUT2D eigenvalue weighted by atomic mass is 16.5. The second-order valence-corrected chi connectivity index (χ2v) is 9.38. The summed E-state index contributed by atoms with van der Waals surface area (Å²) in [7, 11) is 0. The van der Waals surface area contributed by atoms with Crippen molar-refractivity contribution in [2.75, 3.05) is 51.3 Å². The molecule has 1 N–H and O–H groups in total. The van der Waals surface area contributed by atoms with Crippen LogP contribution in [-0.4, -0.2) is 61.8 Å². The predicted molar refractivity (Wildman–Crippen MR) is 147 cm³/mol. The highest BCUT2D eigenvalue weighted by Crippen LogP contribution is 2.18. The molecule has 1 aliphatic rings. The number of amides is 2. The van der Waals surface area contributed by atoms with Gasteiger partial charge >= 0.3 is 6.03 Å². The van der Waals surface area contributed by atoms with Gasteiger partial charge in [0.2, 0.25) is 0 Å². The first-order chi connectivity index (χ1) is 17.2. The van der Waals surface area contributed by atoms with E-state index in [0.717, 1.165) is 70.8 Å². The third-order valence-electron chi connectivity index (χ3n) is 6.57. The van der Waals surface area contributed by atoms with Crippen LogP contribution in [0.2, 0.25) is 0 Å². The molecule has 1 saturated heterocycles. The van der Waals surface area contributed by atoms with Gasteiger partial charge in [-0.2, -0.15) is 0 Å². The van der Waals surface area contributed by atoms with E-state index in [1.54, 1.807) is 0 Å². The van der Waals surface area contributed by atoms with E-state index >= 15 is 0 Å². The molecular weight excluding hydrogens is 434 g/mol. The Kier molecular flexibility index (Phi) is 11.9. The summed E-state index contributed by atoms with van der Waals surface area (Å²) in [5.41, 5.74) is 4.63. The first-order valence-electron chi connectivity index (χ1n) is 13.4. The van der Waals surface area contributed by atoms with Crippen molar-refractivity contribution in [1.29, 1.82) is 0 Å². The number of benzene rings is 2. The number of unbranched alkanes of at least 4 members (excludes halogenated alkanes) is 2. The fourth-order valence-corrected chi connectivity index (χ4v) is 4.42. The maximum absolute atomic E-state index is 13.4. The zero-order valence-electron chi connectivity index (χ0n) is 21.7. The van der Waals surface area contributed by atoms with Crippen LogP contribution < -0.4 is 5.32 Å². The van der Waals surface area contributed by atoms with Crippen molar-refractivity contribution in [2.24, 2.45) is 0 Å². The van der Waals surface area contributed by atoms with E-state index in [2.05, 4.69) is 66.5 Å². The molecule has 35 heavy (non-hydrogen) atoms. The van der Waals surface area contributed by atoms with Crippen LogP contribution in [0, 0.1) is 0 Å². The van der Waals surface area contributed by atoms with Gasteiger partial charge in [-0.15, -0.1) is 0 Å². The fourth-order valence-electron chi connectivity index (χ4n) is 4.42. The molecule has 3 rings (SSSR count). The van der Waals surface area contributed by atoms with E-state index in [1.165, 1.54) is 29.5 Å². The van der Waals surface area contributed by atoms with Crippen LogP contribution in [-0.2, 0) is 11.2 Å². The minimum absolute atomic E-state index is 0.0225. The van der Waals surface area contributed by atoms with Crippen LogP contribution >= 0.6 is 0 Å². The van der Waals surface area contributed by atoms with E-state index in [4.69, 9.17) is 4.74 Å². The van der Waals surface area contributed by atoms with Gasteiger partial charge in [-0.25, -0.2) is 4.79 Å². The number of rotatable bonds is 13. The number of nitrogens with zero attached hydrogens (tertiary/aromatic N) is 2. The summed E-state index contributed by atoms with van der Waals surface area (Å²) in [4.78, 5) is 17.9. The summed E-state index contributed by atoms with van der Waals surface area (Å²) in [5, 5.41) is 3.14. The van der Waals surface area contributed by atoms with Crippen LogP contribution in [0.4, 0.5) is 10.5 Å². The van der Waals surface area contributed by atoms with Crippen LogP contribution in [0.15, 0.2) is 60.2 Å². The Morgan fingerprint density at radius 3 is 2.43 bits per heavy atom. The van der Waals surface area contributed by atoms with Crippen LogP contribution in [0.25, 0.3) is 6.08 Å². The largest absolute Gasteiger partial charge is 0.379 e. The molecule has 2 aromatic rings. The minimum Gasteiger partial charge on any atom is -0.379 e. The molecule has 0 spiro atoms. The van der Waals surface area contributed by atoms with Gasteiger partial charge in [0.25, 0.3) is 0 Å². The van der Waals surface area contributed by atoms with Crippen molar-refractivity contribution in [2.45, 2.75) is 52.4 Å². The number of carbonyl (C=O) groups is 1. The van der Waals surface area contributed by atoms with Gasteiger partial charge in [-0.1, -0.05) is 80.8 Å². The summed E-state index contributed by atoms with van der Waals surface area (Å²) in [5.74, 6) is 0. The van der Waals surface area contributed by atoms with E-state index in [1.807, 2.05) is 23.1 Å². The van der Waals surface area contributed by atoms with Crippen molar-refractivity contribution >= 4 is 17.8 Å². The number of morpholine rings is 1. The number of urea groups is 1. The lowest BCUT2D eigenvalue weighted by Gasteiger charge is -2.29. The summed E-state index contributed by atoms with van der Waals surface area (Å²) in [6.07, 6.45) is 8.78. The van der Waals surface area contributed by atoms with Gasteiger partial charge in [0, 0.05) is 38.4 Å². The van der Waals surface area contributed by atoms with Gasteiger partial charge in [0.1, 0.15) is 0 Å². The topological polar surface area (TPSA) is 44.8 Å². The highest BCUT2D eigenvalue weighted by molar-refractivity contribution is 5.89. The van der Waals surface area contributed by atoms with E-state index in [0.29, 0.717) is 6.54 Å². The van der Waals surface area contributed by atoms with Gasteiger partial charge in [0.15, 0.2) is 0 Å². The number of hydrogen-bond donors (Lipinski definition) is 1. The molecule has 0 bridgehead atoms. The normalized spacial score (nSPS) is 14.6. The molecule has 0 atom stereocenters. The van der Waals surface area contributed by atoms with Gasteiger partial charge < -0.3 is 15.0 Å². The fraction of sp³-hybridized carbons (Fsp3) is 0.500. The summed E-state index contributed by atoms with van der Waals surface area (Å²) < 4.78 is 5.48. The second-order valence-electron chi connectivity index (χ2n) is 9.38. The molecule has 0 unspecified atom stereocenters. The van der Waals surface area contributed by atoms with Crippen LogP contribution in [0.5, 0.6) is 0 Å². The van der Waals surface area contributed by atoms with Crippen LogP contribution in [0.1, 0.15) is 57.1 Å². The lowest BCUT2D eigenvalue weighted by molar-refractivity contribution is 0.0366. The Balaban J connectivity index is 1.71. The quantitative estimate of drug-likeness (QED) is 0.336. The molecule has 0 saturated carbocycles. The van der Waals surface area contributed by atoms with Gasteiger partial charge in [0.05, 0.1) is 13.2 Å². The lowest BCUT2D eigenvalue weighted by Crippen LogP contribution is -2.40. The monoisotopic (exact) mass is 477 g/mol. The molecule has 0 radical (unpaired) electrons. The highest BCUT2D eigenvalue weighted by Gasteiger charge is 2.17. The molecule has 0 aliphatic carbocycles. The summed E-state index contributed by atoms with van der Waals surface area (Å²) >= 11 is 0. The maximum Gasteiger partial charge on any atom is 0.322 e. The molecule has 2 aromatic carbocycles. The smallest absolute Gasteiger partial charge is 0.322 e. The van der Waals surface area contributed by atoms with Crippen molar-refractivity contribution < 1.29 is 9.53 Å². The van der Waals surface area contributed by atoms with Gasteiger partial charge in [-0.05, 0) is 48.9 Å². The zero-order chi connectivity index (χ0) is 24.7. The van der Waals surface area contributed by atoms with Gasteiger partial charge in [-0.3, -0.25) is 4.90 Å². The Morgan fingerprint density at radius 2 is 1.74 bits per heavy atom. The standard InChI is InChI=1S/C30H43N3O2/c1-3-5-7-13-28(24-27-11-8-6-9-12-27)25-33(19-10-18-32-20-22-35-23-21-32)30(34)31-29-16-14-26(4-2)15-17-29/h6,8-9,11-12,14-17,24H,3-5,7,10,13,18-23,25H2,1-2H3,(H,31,34)/b28-24+. The number of hydrogen-bond acceptors (Lipinski definition) is 3. The lowest BCUT2D eigenvalue weighted by atomic mass is 10.0. The third-order valence-corrected chi connectivity index (χ3v) is 6.57. The molecule has 5 nitrogen and oxygen atoms in total. The first-order valence-corrected chi connectivity index (χ1v) is 13.4. The van der Waals surface area contributed by atoms with E-state index < -0.39 is 0 Å². The number of carbonyl (C=O) groups excluding carboxylic acids is 1. The molecule has 190 valence electrons. The molecule has 1 aliphatic heterocycles. The second kappa shape index (κ2) is 15.4. The molecule has 1 heterocycles. The average Bonchev–Trinajstić information content (AvgIpc) is 2.89. The zero-order valence-corrected chi connectivity index (χ0v) is 21.7. The maximum atomic E-state index is 13.4. The number of aryl methyl sites for hydroxylation is 1. The predicted octanol–water partition coefficient (Wildman–Crippen LogP) is 6.47.